The first-order chi connectivity index (χ1) is 18.1. The zero-order valence-corrected chi connectivity index (χ0v) is 21.4. The van der Waals surface area contributed by atoms with Crippen molar-refractivity contribution in [2.45, 2.75) is 20.2 Å². The van der Waals surface area contributed by atoms with E-state index in [1.165, 1.54) is 6.07 Å². The van der Waals surface area contributed by atoms with Crippen LogP contribution in [0.1, 0.15) is 18.3 Å². The highest BCUT2D eigenvalue weighted by Gasteiger charge is 2.33. The average Bonchev–Trinajstić information content (AvgIpc) is 3.19. The maximum absolute atomic E-state index is 13.4. The van der Waals surface area contributed by atoms with Crippen LogP contribution in [0.4, 0.5) is 23.7 Å². The molecule has 2 aliphatic heterocycles. The van der Waals surface area contributed by atoms with Crippen LogP contribution in [-0.2, 0) is 4.79 Å². The van der Waals surface area contributed by atoms with Crippen LogP contribution < -0.4 is 15.0 Å². The van der Waals surface area contributed by atoms with Crippen LogP contribution in [0.2, 0.25) is 0 Å². The number of imide groups is 1. The Balaban J connectivity index is 1.58. The number of piperazine rings is 1. The number of rotatable bonds is 5. The fraction of sp³-hybridized carbons (Fsp3) is 0.308. The lowest BCUT2D eigenvalue weighted by molar-refractivity contribution is -0.274. The number of nitrogens with zero attached hydrogens (tertiary/aromatic N) is 4. The van der Waals surface area contributed by atoms with Gasteiger partial charge in [-0.2, -0.15) is 0 Å². The third-order valence-electron chi connectivity index (χ3n) is 6.39. The van der Waals surface area contributed by atoms with E-state index < -0.39 is 17.5 Å². The number of carbonyl (C=O) groups excluding carboxylic acids is 2. The molecule has 0 aliphatic carbocycles. The summed E-state index contributed by atoms with van der Waals surface area (Å²) in [6.07, 6.45) is -3.29. The number of benzene rings is 2. The Hall–Kier alpha value is -3.64. The van der Waals surface area contributed by atoms with E-state index in [0.717, 1.165) is 31.4 Å². The SMILES string of the molecule is CCN1CCN(c2ccc(-c3nc(C)nc4ccc(C=C5SC(=O)NC5=O)cc34)cc2OC(F)(F)F)CC1. The molecule has 2 amide bonds. The number of aromatic nitrogens is 2. The number of likely N-dealkylation sites (N-methyl/N-ethyl adjacent to an activating group) is 1. The summed E-state index contributed by atoms with van der Waals surface area (Å²) < 4.78 is 44.8. The normalized spacial score (nSPS) is 17.9. The number of nitrogens with one attached hydrogen (secondary N) is 1. The molecule has 198 valence electrons. The van der Waals surface area contributed by atoms with Crippen molar-refractivity contribution in [3.63, 3.8) is 0 Å². The molecule has 2 aliphatic rings. The summed E-state index contributed by atoms with van der Waals surface area (Å²) in [7, 11) is 0. The van der Waals surface area contributed by atoms with Crippen molar-refractivity contribution in [2.75, 3.05) is 37.6 Å². The van der Waals surface area contributed by atoms with Crippen molar-refractivity contribution in [2.24, 2.45) is 0 Å². The molecule has 2 aromatic carbocycles. The topological polar surface area (TPSA) is 87.7 Å². The first-order valence-corrected chi connectivity index (χ1v) is 12.8. The summed E-state index contributed by atoms with van der Waals surface area (Å²) in [5.74, 6) is -0.321. The summed E-state index contributed by atoms with van der Waals surface area (Å²) in [6, 6.07) is 9.97. The van der Waals surface area contributed by atoms with Gasteiger partial charge in [0.2, 0.25) is 0 Å². The van der Waals surface area contributed by atoms with Crippen molar-refractivity contribution >= 4 is 45.6 Å². The fourth-order valence-electron chi connectivity index (χ4n) is 4.58. The number of thioether (sulfide) groups is 1. The Labute approximate surface area is 220 Å². The Morgan fingerprint density at radius 3 is 2.50 bits per heavy atom. The van der Waals surface area contributed by atoms with E-state index >= 15 is 0 Å². The zero-order valence-electron chi connectivity index (χ0n) is 20.6. The zero-order chi connectivity index (χ0) is 27.0. The Morgan fingerprint density at radius 1 is 1.08 bits per heavy atom. The van der Waals surface area contributed by atoms with Crippen molar-refractivity contribution in [3.8, 4) is 17.0 Å². The summed E-state index contributed by atoms with van der Waals surface area (Å²) in [6.45, 7) is 7.32. The number of aryl methyl sites for hydroxylation is 1. The van der Waals surface area contributed by atoms with Gasteiger partial charge in [-0.05, 0) is 61.1 Å². The maximum Gasteiger partial charge on any atom is 0.573 e. The van der Waals surface area contributed by atoms with Gasteiger partial charge >= 0.3 is 6.36 Å². The lowest BCUT2D eigenvalue weighted by atomic mass is 10.0. The highest BCUT2D eigenvalue weighted by atomic mass is 32.2. The van der Waals surface area contributed by atoms with Crippen LogP contribution in [0.5, 0.6) is 5.75 Å². The Morgan fingerprint density at radius 2 is 1.84 bits per heavy atom. The first kappa shape index (κ1) is 26.0. The molecule has 38 heavy (non-hydrogen) atoms. The van der Waals surface area contributed by atoms with Gasteiger partial charge in [-0.1, -0.05) is 19.1 Å². The molecular weight excluding hydrogens is 519 g/mol. The number of carbonyl (C=O) groups is 2. The van der Waals surface area contributed by atoms with Gasteiger partial charge in [0.25, 0.3) is 11.1 Å². The molecule has 1 aromatic heterocycles. The number of fused-ring (bicyclic) bond motifs is 1. The summed E-state index contributed by atoms with van der Waals surface area (Å²) in [4.78, 5) is 36.9. The molecule has 12 heteroatoms. The van der Waals surface area contributed by atoms with Crippen molar-refractivity contribution in [3.05, 3.63) is 52.7 Å². The van der Waals surface area contributed by atoms with Gasteiger partial charge in [0.15, 0.2) is 5.75 Å². The molecule has 0 atom stereocenters. The standard InChI is InChI=1S/C26H24F3N5O3S/c1-3-33-8-10-34(11-9-33)20-7-5-17(14-21(20)37-26(27,28)29)23-18-12-16(4-6-19(18)30-15(2)31-23)13-22-24(35)32-25(36)38-22/h4-7,12-14H,3,8-11H2,1-2H3,(H,32,35,36). The van der Waals surface area contributed by atoms with Crippen molar-refractivity contribution in [1.82, 2.24) is 20.2 Å². The Kier molecular flexibility index (Phi) is 7.01. The second-order valence-corrected chi connectivity index (χ2v) is 9.91. The third kappa shape index (κ3) is 5.60. The van der Waals surface area contributed by atoms with E-state index in [9.17, 15) is 22.8 Å². The third-order valence-corrected chi connectivity index (χ3v) is 7.20. The first-order valence-electron chi connectivity index (χ1n) is 12.0. The number of alkyl halides is 3. The van der Waals surface area contributed by atoms with Crippen LogP contribution in [0, 0.1) is 6.92 Å². The molecular formula is C26H24F3N5O3S. The van der Waals surface area contributed by atoms with Gasteiger partial charge < -0.3 is 14.5 Å². The number of hydrogen-bond acceptors (Lipinski definition) is 8. The van der Waals surface area contributed by atoms with Gasteiger partial charge in [0.05, 0.1) is 21.8 Å². The summed E-state index contributed by atoms with van der Waals surface area (Å²) in [5.41, 5.74) is 2.45. The van der Waals surface area contributed by atoms with Crippen LogP contribution >= 0.6 is 11.8 Å². The molecule has 0 spiro atoms. The summed E-state index contributed by atoms with van der Waals surface area (Å²) in [5, 5.41) is 2.35. The van der Waals surface area contributed by atoms with Crippen LogP contribution in [0.25, 0.3) is 28.2 Å². The molecule has 0 radical (unpaired) electrons. The molecule has 1 N–H and O–H groups in total. The highest BCUT2D eigenvalue weighted by Crippen LogP contribution is 2.38. The quantitative estimate of drug-likeness (QED) is 0.452. The van der Waals surface area contributed by atoms with E-state index in [1.807, 2.05) is 4.90 Å². The minimum atomic E-state index is -4.86. The molecule has 3 heterocycles. The highest BCUT2D eigenvalue weighted by molar-refractivity contribution is 8.18. The lowest BCUT2D eigenvalue weighted by Crippen LogP contribution is -2.46. The van der Waals surface area contributed by atoms with Gasteiger partial charge in [0.1, 0.15) is 5.82 Å². The molecule has 0 saturated carbocycles. The largest absolute Gasteiger partial charge is 0.573 e. The predicted octanol–water partition coefficient (Wildman–Crippen LogP) is 4.97. The van der Waals surface area contributed by atoms with Gasteiger partial charge in [-0.3, -0.25) is 14.9 Å². The lowest BCUT2D eigenvalue weighted by Gasteiger charge is -2.36. The maximum atomic E-state index is 13.4. The van der Waals surface area contributed by atoms with E-state index in [2.05, 4.69) is 31.8 Å². The predicted molar refractivity (Wildman–Crippen MR) is 140 cm³/mol. The number of halogens is 3. The van der Waals surface area contributed by atoms with Crippen LogP contribution in [-0.4, -0.2) is 65.1 Å². The van der Waals surface area contributed by atoms with Crippen molar-refractivity contribution in [1.29, 1.82) is 0 Å². The second kappa shape index (κ2) is 10.3. The van der Waals surface area contributed by atoms with E-state index in [0.29, 0.717) is 52.3 Å². The van der Waals surface area contributed by atoms with Gasteiger partial charge in [0, 0.05) is 37.1 Å². The number of anilines is 1. The molecule has 8 nitrogen and oxygen atoms in total. The van der Waals surface area contributed by atoms with Crippen LogP contribution in [0.3, 0.4) is 0 Å². The molecule has 2 saturated heterocycles. The van der Waals surface area contributed by atoms with E-state index in [4.69, 9.17) is 0 Å². The summed E-state index contributed by atoms with van der Waals surface area (Å²) >= 11 is 0.800. The molecule has 5 rings (SSSR count). The molecule has 3 aromatic rings. The second-order valence-electron chi connectivity index (χ2n) is 8.90. The molecule has 2 fully saturated rings. The van der Waals surface area contributed by atoms with Gasteiger partial charge in [-0.25, -0.2) is 9.97 Å². The van der Waals surface area contributed by atoms with Crippen molar-refractivity contribution < 1.29 is 27.5 Å². The van der Waals surface area contributed by atoms with E-state index in [-0.39, 0.29) is 10.7 Å². The monoisotopic (exact) mass is 543 g/mol. The Bertz CT molecular complexity index is 1450. The number of ether oxygens (including phenoxy) is 1. The van der Waals surface area contributed by atoms with Crippen LogP contribution in [0.15, 0.2) is 41.3 Å². The van der Waals surface area contributed by atoms with E-state index in [1.54, 1.807) is 43.3 Å². The smallest absolute Gasteiger partial charge is 0.404 e. The number of amides is 2. The molecule has 0 bridgehead atoms. The minimum Gasteiger partial charge on any atom is -0.404 e. The molecule has 0 unspecified atom stereocenters. The van der Waals surface area contributed by atoms with Gasteiger partial charge in [-0.15, -0.1) is 13.2 Å². The number of hydrogen-bond donors (Lipinski definition) is 1. The average molecular weight is 544 g/mol. The minimum absolute atomic E-state index is 0.248. The fourth-order valence-corrected chi connectivity index (χ4v) is 5.26.